The van der Waals surface area contributed by atoms with E-state index in [1.54, 1.807) is 23.6 Å². The normalized spacial score (nSPS) is 21.8. The zero-order valence-electron chi connectivity index (χ0n) is 22.9. The molecule has 1 N–H and O–H groups in total. The fourth-order valence-electron chi connectivity index (χ4n) is 5.49. The smallest absolute Gasteiger partial charge is 0.410 e. The van der Waals surface area contributed by atoms with Gasteiger partial charge in [-0.15, -0.1) is 0 Å². The molecule has 4 heterocycles. The SMILES string of the molecule is Cc1noc(C)c1CC(=O)N1CCCCOc2cccc(c2)[C@H]2CN(C(=O)CN3CCOC3=O)C[C@@H]2NC(=O)C1. The highest BCUT2D eigenvalue weighted by Crippen LogP contribution is 2.30. The third-order valence-corrected chi connectivity index (χ3v) is 7.76. The van der Waals surface area contributed by atoms with Crippen LogP contribution in [0.2, 0.25) is 0 Å². The molecule has 2 saturated heterocycles. The van der Waals surface area contributed by atoms with Gasteiger partial charge in [-0.2, -0.15) is 0 Å². The van der Waals surface area contributed by atoms with Gasteiger partial charge < -0.3 is 29.1 Å². The van der Waals surface area contributed by atoms with Crippen LogP contribution in [0.5, 0.6) is 5.75 Å². The monoisotopic (exact) mass is 553 g/mol. The molecule has 0 saturated carbocycles. The van der Waals surface area contributed by atoms with Gasteiger partial charge in [-0.1, -0.05) is 17.3 Å². The van der Waals surface area contributed by atoms with E-state index in [-0.39, 0.29) is 62.3 Å². The molecule has 0 spiro atoms. The van der Waals surface area contributed by atoms with Gasteiger partial charge >= 0.3 is 6.09 Å². The average molecular weight is 554 g/mol. The summed E-state index contributed by atoms with van der Waals surface area (Å²) in [5.41, 5.74) is 2.34. The number of ether oxygens (including phenoxy) is 2. The molecule has 5 rings (SSSR count). The second kappa shape index (κ2) is 12.0. The van der Waals surface area contributed by atoms with Crippen molar-refractivity contribution in [2.75, 3.05) is 52.5 Å². The number of aromatic nitrogens is 1. The first-order valence-corrected chi connectivity index (χ1v) is 13.7. The van der Waals surface area contributed by atoms with Crippen molar-refractivity contribution in [2.24, 2.45) is 0 Å². The third-order valence-electron chi connectivity index (χ3n) is 7.76. The molecule has 2 fully saturated rings. The molecule has 0 radical (unpaired) electrons. The molecule has 3 aliphatic heterocycles. The molecule has 214 valence electrons. The lowest BCUT2D eigenvalue weighted by Crippen LogP contribution is -2.47. The molecule has 0 aliphatic carbocycles. The van der Waals surface area contributed by atoms with Crippen LogP contribution < -0.4 is 10.1 Å². The summed E-state index contributed by atoms with van der Waals surface area (Å²) < 4.78 is 16.2. The molecule has 1 aromatic heterocycles. The van der Waals surface area contributed by atoms with Crippen molar-refractivity contribution in [3.8, 4) is 5.75 Å². The van der Waals surface area contributed by atoms with Crippen LogP contribution >= 0.6 is 0 Å². The van der Waals surface area contributed by atoms with E-state index >= 15 is 0 Å². The Bertz CT molecular complexity index is 1260. The maximum Gasteiger partial charge on any atom is 0.410 e. The minimum Gasteiger partial charge on any atom is -0.494 e. The Kier molecular flexibility index (Phi) is 8.22. The van der Waals surface area contributed by atoms with Crippen molar-refractivity contribution in [3.05, 3.63) is 46.8 Å². The van der Waals surface area contributed by atoms with Crippen molar-refractivity contribution < 1.29 is 33.2 Å². The number of carbonyl (C=O) groups is 4. The maximum atomic E-state index is 13.3. The number of amides is 4. The maximum absolute atomic E-state index is 13.3. The Morgan fingerprint density at radius 3 is 2.62 bits per heavy atom. The van der Waals surface area contributed by atoms with Crippen LogP contribution in [0.15, 0.2) is 28.8 Å². The first kappa shape index (κ1) is 27.5. The number of likely N-dealkylation sites (tertiary alicyclic amines) is 1. The Balaban J connectivity index is 1.33. The summed E-state index contributed by atoms with van der Waals surface area (Å²) in [4.78, 5) is 56.3. The quantitative estimate of drug-likeness (QED) is 0.601. The van der Waals surface area contributed by atoms with E-state index in [0.717, 1.165) is 16.9 Å². The van der Waals surface area contributed by atoms with Crippen molar-refractivity contribution in [1.29, 1.82) is 0 Å². The molecule has 3 aliphatic rings. The van der Waals surface area contributed by atoms with E-state index in [4.69, 9.17) is 14.0 Å². The molecule has 1 aromatic carbocycles. The van der Waals surface area contributed by atoms with Crippen LogP contribution in [0.4, 0.5) is 4.79 Å². The van der Waals surface area contributed by atoms with E-state index in [9.17, 15) is 19.2 Å². The molecule has 12 nitrogen and oxygen atoms in total. The fourth-order valence-corrected chi connectivity index (χ4v) is 5.49. The highest BCUT2D eigenvalue weighted by molar-refractivity contribution is 5.87. The standard InChI is InChI=1S/C28H35N5O7/c1-18-22(19(2)40-30-18)13-26(35)31-8-3-4-10-38-21-7-5-6-20(12-21)23-14-33(15-24(23)29-25(34)16-31)27(36)17-32-9-11-39-28(32)37/h5-7,12,23-24H,3-4,8-11,13-17H2,1-2H3,(H,29,34)/t23-,24+/m1/s1. The topological polar surface area (TPSA) is 135 Å². The molecule has 2 atom stereocenters. The van der Waals surface area contributed by atoms with Crippen LogP contribution in [-0.4, -0.2) is 102 Å². The number of rotatable bonds is 4. The molecule has 12 heteroatoms. The average Bonchev–Trinajstić information content (AvgIpc) is 3.62. The van der Waals surface area contributed by atoms with Gasteiger partial charge in [-0.3, -0.25) is 19.3 Å². The van der Waals surface area contributed by atoms with E-state index in [1.807, 2.05) is 24.3 Å². The van der Waals surface area contributed by atoms with Gasteiger partial charge in [0.15, 0.2) is 0 Å². The van der Waals surface area contributed by atoms with Crippen LogP contribution in [0.1, 0.15) is 41.3 Å². The zero-order chi connectivity index (χ0) is 28.2. The fraction of sp³-hybridized carbons (Fsp3) is 0.536. The van der Waals surface area contributed by atoms with Crippen molar-refractivity contribution >= 4 is 23.8 Å². The number of nitrogens with zero attached hydrogens (tertiary/aromatic N) is 4. The number of nitrogens with one attached hydrogen (secondary N) is 1. The van der Waals surface area contributed by atoms with Crippen molar-refractivity contribution in [3.63, 3.8) is 0 Å². The van der Waals surface area contributed by atoms with Gasteiger partial charge in [-0.05, 0) is 44.4 Å². The second-order valence-electron chi connectivity index (χ2n) is 10.5. The van der Waals surface area contributed by atoms with E-state index in [1.165, 1.54) is 4.90 Å². The van der Waals surface area contributed by atoms with Crippen molar-refractivity contribution in [2.45, 2.75) is 45.1 Å². The van der Waals surface area contributed by atoms with Gasteiger partial charge in [-0.25, -0.2) is 4.79 Å². The third kappa shape index (κ3) is 6.21. The van der Waals surface area contributed by atoms with Crippen LogP contribution in [0.3, 0.4) is 0 Å². The molecule has 40 heavy (non-hydrogen) atoms. The Morgan fingerprint density at radius 2 is 1.88 bits per heavy atom. The minimum atomic E-state index is -0.495. The van der Waals surface area contributed by atoms with E-state index < -0.39 is 6.09 Å². The summed E-state index contributed by atoms with van der Waals surface area (Å²) in [6, 6.07) is 7.35. The number of aryl methyl sites for hydroxylation is 2. The lowest BCUT2D eigenvalue weighted by atomic mass is 9.94. The Morgan fingerprint density at radius 1 is 1.02 bits per heavy atom. The number of hydrogen-bond donors (Lipinski definition) is 1. The van der Waals surface area contributed by atoms with Gasteiger partial charge in [0.2, 0.25) is 17.7 Å². The van der Waals surface area contributed by atoms with Crippen LogP contribution in [0, 0.1) is 13.8 Å². The largest absolute Gasteiger partial charge is 0.494 e. The summed E-state index contributed by atoms with van der Waals surface area (Å²) in [7, 11) is 0. The van der Waals surface area contributed by atoms with E-state index in [2.05, 4.69) is 10.5 Å². The van der Waals surface area contributed by atoms with E-state index in [0.29, 0.717) is 50.5 Å². The lowest BCUT2D eigenvalue weighted by Gasteiger charge is -2.26. The summed E-state index contributed by atoms with van der Waals surface area (Å²) in [5, 5.41) is 7.03. The molecule has 2 aromatic rings. The number of fused-ring (bicyclic) bond motifs is 4. The number of hydrogen-bond acceptors (Lipinski definition) is 8. The highest BCUT2D eigenvalue weighted by Gasteiger charge is 2.39. The summed E-state index contributed by atoms with van der Waals surface area (Å²) >= 11 is 0. The first-order valence-electron chi connectivity index (χ1n) is 13.7. The summed E-state index contributed by atoms with van der Waals surface area (Å²) in [6.45, 7) is 5.59. The number of benzene rings is 1. The number of carbonyl (C=O) groups excluding carboxylic acids is 4. The molecule has 0 unspecified atom stereocenters. The predicted octanol–water partition coefficient (Wildman–Crippen LogP) is 1.40. The summed E-state index contributed by atoms with van der Waals surface area (Å²) in [6.07, 6.45) is 0.996. The Hall–Kier alpha value is -4.09. The first-order chi connectivity index (χ1) is 19.3. The van der Waals surface area contributed by atoms with Gasteiger partial charge in [0.1, 0.15) is 24.7 Å². The molecule has 4 amide bonds. The van der Waals surface area contributed by atoms with Gasteiger partial charge in [0.05, 0.1) is 37.9 Å². The molecular weight excluding hydrogens is 518 g/mol. The minimum absolute atomic E-state index is 0.0701. The summed E-state index contributed by atoms with van der Waals surface area (Å²) in [5.74, 6) is 0.450. The second-order valence-corrected chi connectivity index (χ2v) is 10.5. The van der Waals surface area contributed by atoms with Gasteiger partial charge in [0.25, 0.3) is 0 Å². The highest BCUT2D eigenvalue weighted by atomic mass is 16.6. The van der Waals surface area contributed by atoms with Crippen LogP contribution in [0.25, 0.3) is 0 Å². The molecular formula is C28H35N5O7. The Labute approximate surface area is 232 Å². The van der Waals surface area contributed by atoms with Crippen molar-refractivity contribution in [1.82, 2.24) is 25.2 Å². The zero-order valence-corrected chi connectivity index (χ0v) is 22.9. The van der Waals surface area contributed by atoms with Gasteiger partial charge in [0, 0.05) is 31.1 Å². The molecule has 2 bridgehead atoms. The lowest BCUT2D eigenvalue weighted by molar-refractivity contribution is -0.136. The predicted molar refractivity (Wildman–Crippen MR) is 142 cm³/mol. The number of cyclic esters (lactones) is 1. The van der Waals surface area contributed by atoms with Crippen LogP contribution in [-0.2, 0) is 25.5 Å².